The highest BCUT2D eigenvalue weighted by molar-refractivity contribution is 5.72. The third-order valence-corrected chi connectivity index (χ3v) is 3.02. The molecule has 3 heterocycles. The number of aromatic nitrogens is 3. The lowest BCUT2D eigenvalue weighted by Gasteiger charge is -2.06. The number of nitrogens with zero attached hydrogens (tertiary/aromatic N) is 2. The van der Waals surface area contributed by atoms with Gasteiger partial charge in [-0.3, -0.25) is 0 Å². The molecule has 1 aliphatic rings. The van der Waals surface area contributed by atoms with Crippen LogP contribution in [0.1, 0.15) is 18.7 Å². The molecule has 1 fully saturated rings. The van der Waals surface area contributed by atoms with Crippen LogP contribution in [0.4, 0.5) is 5.82 Å². The van der Waals surface area contributed by atoms with Gasteiger partial charge in [0.05, 0.1) is 5.52 Å². The van der Waals surface area contributed by atoms with Gasteiger partial charge in [0.1, 0.15) is 11.6 Å². The Labute approximate surface area is 93.5 Å². The molecule has 0 spiro atoms. The molecule has 3 rings (SSSR count). The van der Waals surface area contributed by atoms with E-state index in [0.29, 0.717) is 17.5 Å². The van der Waals surface area contributed by atoms with Crippen molar-refractivity contribution in [3.63, 3.8) is 0 Å². The van der Waals surface area contributed by atoms with Gasteiger partial charge in [0.15, 0.2) is 5.65 Å². The lowest BCUT2D eigenvalue weighted by atomic mass is 10.1. The lowest BCUT2D eigenvalue weighted by Crippen LogP contribution is -2.24. The standard InChI is InChI=1S/C11H15N5/c12-9-4-3-8-11(15-9)16-10(14-8)6-7-2-1-5-13-7/h3-4,7,13H,1-2,5-6H2,(H3,12,14,15,16). The predicted octanol–water partition coefficient (Wildman–Crippen LogP) is 0.835. The molecule has 1 atom stereocenters. The topological polar surface area (TPSA) is 79.6 Å². The van der Waals surface area contributed by atoms with Crippen molar-refractivity contribution < 1.29 is 0 Å². The maximum absolute atomic E-state index is 5.62. The van der Waals surface area contributed by atoms with E-state index in [4.69, 9.17) is 5.73 Å². The molecule has 2 aromatic rings. The largest absolute Gasteiger partial charge is 0.384 e. The number of H-pyrrole nitrogens is 1. The van der Waals surface area contributed by atoms with Crippen LogP contribution in [0.5, 0.6) is 0 Å². The summed E-state index contributed by atoms with van der Waals surface area (Å²) < 4.78 is 0. The van der Waals surface area contributed by atoms with Gasteiger partial charge < -0.3 is 16.0 Å². The first-order valence-corrected chi connectivity index (χ1v) is 5.66. The third kappa shape index (κ3) is 1.74. The zero-order valence-corrected chi connectivity index (χ0v) is 9.03. The summed E-state index contributed by atoms with van der Waals surface area (Å²) in [6.45, 7) is 1.12. The number of nitrogen functional groups attached to an aromatic ring is 1. The number of imidazole rings is 1. The van der Waals surface area contributed by atoms with Crippen LogP contribution in [0.2, 0.25) is 0 Å². The number of aromatic amines is 1. The summed E-state index contributed by atoms with van der Waals surface area (Å²) in [4.78, 5) is 11.9. The summed E-state index contributed by atoms with van der Waals surface area (Å²) in [7, 11) is 0. The molecule has 1 saturated heterocycles. The van der Waals surface area contributed by atoms with Gasteiger partial charge in [-0.05, 0) is 31.5 Å². The maximum atomic E-state index is 5.62. The van der Waals surface area contributed by atoms with E-state index in [9.17, 15) is 0 Å². The second-order valence-corrected chi connectivity index (χ2v) is 4.29. The van der Waals surface area contributed by atoms with Crippen molar-refractivity contribution in [1.82, 2.24) is 20.3 Å². The lowest BCUT2D eigenvalue weighted by molar-refractivity contribution is 0.589. The molecule has 5 heteroatoms. The zero-order chi connectivity index (χ0) is 11.0. The van der Waals surface area contributed by atoms with E-state index in [0.717, 1.165) is 24.3 Å². The average Bonchev–Trinajstić information content (AvgIpc) is 2.86. The Bertz CT molecular complexity index is 498. The van der Waals surface area contributed by atoms with E-state index in [2.05, 4.69) is 20.3 Å². The highest BCUT2D eigenvalue weighted by Gasteiger charge is 2.16. The zero-order valence-electron chi connectivity index (χ0n) is 9.03. The molecule has 0 saturated carbocycles. The summed E-state index contributed by atoms with van der Waals surface area (Å²) in [5, 5.41) is 3.46. The fraction of sp³-hybridized carbons (Fsp3) is 0.455. The first kappa shape index (κ1) is 9.59. The van der Waals surface area contributed by atoms with Gasteiger partial charge >= 0.3 is 0 Å². The summed E-state index contributed by atoms with van der Waals surface area (Å²) >= 11 is 0. The minimum Gasteiger partial charge on any atom is -0.384 e. The Hall–Kier alpha value is -1.62. The second-order valence-electron chi connectivity index (χ2n) is 4.29. The summed E-state index contributed by atoms with van der Waals surface area (Å²) in [6.07, 6.45) is 3.43. The maximum Gasteiger partial charge on any atom is 0.179 e. The van der Waals surface area contributed by atoms with E-state index >= 15 is 0 Å². The monoisotopic (exact) mass is 217 g/mol. The second kappa shape index (κ2) is 3.75. The number of hydrogen-bond donors (Lipinski definition) is 3. The SMILES string of the molecule is Nc1ccc2[nH]c(CC3CCCN3)nc2n1. The van der Waals surface area contributed by atoms with Crippen LogP contribution in [0, 0.1) is 0 Å². The Balaban J connectivity index is 1.86. The van der Waals surface area contributed by atoms with Crippen LogP contribution in [0.3, 0.4) is 0 Å². The predicted molar refractivity (Wildman–Crippen MR) is 63.0 cm³/mol. The smallest absolute Gasteiger partial charge is 0.179 e. The van der Waals surface area contributed by atoms with Crippen LogP contribution >= 0.6 is 0 Å². The number of fused-ring (bicyclic) bond motifs is 1. The fourth-order valence-corrected chi connectivity index (χ4v) is 2.22. The van der Waals surface area contributed by atoms with E-state index < -0.39 is 0 Å². The van der Waals surface area contributed by atoms with Gasteiger partial charge in [-0.25, -0.2) is 9.97 Å². The highest BCUT2D eigenvalue weighted by Crippen LogP contribution is 2.14. The Kier molecular flexibility index (Phi) is 2.25. The normalized spacial score (nSPS) is 20.6. The van der Waals surface area contributed by atoms with Crippen LogP contribution in [0.25, 0.3) is 11.2 Å². The van der Waals surface area contributed by atoms with Crippen molar-refractivity contribution in [3.05, 3.63) is 18.0 Å². The van der Waals surface area contributed by atoms with Crippen molar-refractivity contribution in [2.75, 3.05) is 12.3 Å². The summed E-state index contributed by atoms with van der Waals surface area (Å²) in [5.41, 5.74) is 7.30. The molecule has 0 aromatic carbocycles. The first-order valence-electron chi connectivity index (χ1n) is 5.66. The van der Waals surface area contributed by atoms with E-state index in [-0.39, 0.29) is 0 Å². The van der Waals surface area contributed by atoms with Gasteiger partial charge in [-0.2, -0.15) is 0 Å². The molecular weight excluding hydrogens is 202 g/mol. The Morgan fingerprint density at radius 3 is 3.12 bits per heavy atom. The molecule has 4 N–H and O–H groups in total. The summed E-state index contributed by atoms with van der Waals surface area (Å²) in [5.74, 6) is 1.51. The van der Waals surface area contributed by atoms with Crippen molar-refractivity contribution in [2.24, 2.45) is 0 Å². The number of nitrogens with two attached hydrogens (primary N) is 1. The number of anilines is 1. The minimum atomic E-state index is 0.518. The van der Waals surface area contributed by atoms with Gasteiger partial charge in [0.2, 0.25) is 0 Å². The molecular formula is C11H15N5. The molecule has 0 aliphatic carbocycles. The van der Waals surface area contributed by atoms with Crippen molar-refractivity contribution >= 4 is 17.0 Å². The third-order valence-electron chi connectivity index (χ3n) is 3.02. The average molecular weight is 217 g/mol. The molecule has 0 bridgehead atoms. The van der Waals surface area contributed by atoms with Crippen LogP contribution in [-0.2, 0) is 6.42 Å². The number of rotatable bonds is 2. The molecule has 1 unspecified atom stereocenters. The molecule has 1 aliphatic heterocycles. The van der Waals surface area contributed by atoms with Gasteiger partial charge in [-0.1, -0.05) is 0 Å². The first-order chi connectivity index (χ1) is 7.81. The summed E-state index contributed by atoms with van der Waals surface area (Å²) in [6, 6.07) is 4.27. The van der Waals surface area contributed by atoms with Crippen LogP contribution < -0.4 is 11.1 Å². The number of hydrogen-bond acceptors (Lipinski definition) is 4. The molecule has 84 valence electrons. The number of nitrogens with one attached hydrogen (secondary N) is 2. The van der Waals surface area contributed by atoms with E-state index in [1.807, 2.05) is 6.07 Å². The van der Waals surface area contributed by atoms with E-state index in [1.54, 1.807) is 6.07 Å². The molecule has 0 radical (unpaired) electrons. The Morgan fingerprint density at radius 1 is 1.38 bits per heavy atom. The van der Waals surface area contributed by atoms with Gasteiger partial charge in [0.25, 0.3) is 0 Å². The van der Waals surface area contributed by atoms with Crippen LogP contribution in [0.15, 0.2) is 12.1 Å². The van der Waals surface area contributed by atoms with Crippen LogP contribution in [-0.4, -0.2) is 27.5 Å². The van der Waals surface area contributed by atoms with Gasteiger partial charge in [0, 0.05) is 12.5 Å². The number of pyridine rings is 1. The highest BCUT2D eigenvalue weighted by atomic mass is 15.0. The Morgan fingerprint density at radius 2 is 2.31 bits per heavy atom. The van der Waals surface area contributed by atoms with Crippen molar-refractivity contribution in [1.29, 1.82) is 0 Å². The molecule has 2 aromatic heterocycles. The van der Waals surface area contributed by atoms with Gasteiger partial charge in [-0.15, -0.1) is 0 Å². The van der Waals surface area contributed by atoms with Crippen molar-refractivity contribution in [3.8, 4) is 0 Å². The minimum absolute atomic E-state index is 0.518. The van der Waals surface area contributed by atoms with Crippen molar-refractivity contribution in [2.45, 2.75) is 25.3 Å². The quantitative estimate of drug-likeness (QED) is 0.696. The molecule has 5 nitrogen and oxygen atoms in total. The molecule has 0 amide bonds. The molecule has 16 heavy (non-hydrogen) atoms. The fourth-order valence-electron chi connectivity index (χ4n) is 2.22. The van der Waals surface area contributed by atoms with E-state index in [1.165, 1.54) is 12.8 Å².